The fourth-order valence-electron chi connectivity index (χ4n) is 4.36. The summed E-state index contributed by atoms with van der Waals surface area (Å²) in [6.07, 6.45) is 5.69. The van der Waals surface area contributed by atoms with Gasteiger partial charge < -0.3 is 14.8 Å². The van der Waals surface area contributed by atoms with E-state index in [-0.39, 0.29) is 12.1 Å². The van der Waals surface area contributed by atoms with Gasteiger partial charge in [0.1, 0.15) is 11.9 Å². The number of nitrogens with zero attached hydrogens (tertiary/aromatic N) is 4. The second-order valence-electron chi connectivity index (χ2n) is 7.83. The van der Waals surface area contributed by atoms with Crippen LogP contribution in [0.3, 0.4) is 0 Å². The number of thiocarbonyl (C=S) groups is 1. The second-order valence-corrected chi connectivity index (χ2v) is 8.22. The summed E-state index contributed by atoms with van der Waals surface area (Å²) in [6, 6.07) is 22.5. The Kier molecular flexibility index (Phi) is 5.00. The molecule has 0 radical (unpaired) electrons. The Balaban J connectivity index is 1.69. The molecule has 3 aromatic heterocycles. The van der Waals surface area contributed by atoms with Gasteiger partial charge in [-0.2, -0.15) is 0 Å². The molecule has 0 bridgehead atoms. The fraction of sp³-hybridized carbons (Fsp3) is 0.160. The van der Waals surface area contributed by atoms with Crippen LogP contribution in [0.15, 0.2) is 85.3 Å². The standard InChI is InChI=1S/C25H23N5S/c1-17-14-18(2)16-19(15-17)30-24(23(28-25(30)31)20-8-3-5-11-26-20)21-9-7-13-29(21)22-10-4-6-12-27-22/h3-16,23-24H,1-2H3,(H,28,31). The Morgan fingerprint density at radius 3 is 2.29 bits per heavy atom. The highest BCUT2D eigenvalue weighted by atomic mass is 32.1. The number of nitrogens with one attached hydrogen (secondary N) is 1. The van der Waals surface area contributed by atoms with Crippen molar-refractivity contribution in [3.8, 4) is 5.82 Å². The normalized spacial score (nSPS) is 18.3. The van der Waals surface area contributed by atoms with Crippen molar-refractivity contribution < 1.29 is 0 Å². The average Bonchev–Trinajstić information content (AvgIpc) is 3.38. The Bertz CT molecular complexity index is 1200. The van der Waals surface area contributed by atoms with Crippen molar-refractivity contribution >= 4 is 23.0 Å². The molecule has 1 saturated heterocycles. The van der Waals surface area contributed by atoms with Crippen LogP contribution in [0.2, 0.25) is 0 Å². The zero-order valence-electron chi connectivity index (χ0n) is 17.4. The molecular weight excluding hydrogens is 402 g/mol. The zero-order valence-corrected chi connectivity index (χ0v) is 18.3. The number of benzene rings is 1. The van der Waals surface area contributed by atoms with Gasteiger partial charge in [-0.3, -0.25) is 4.98 Å². The van der Waals surface area contributed by atoms with E-state index in [4.69, 9.17) is 12.2 Å². The first-order valence-electron chi connectivity index (χ1n) is 10.3. The van der Waals surface area contributed by atoms with Gasteiger partial charge in [0.15, 0.2) is 5.11 Å². The number of pyridine rings is 2. The van der Waals surface area contributed by atoms with E-state index in [1.165, 1.54) is 11.1 Å². The van der Waals surface area contributed by atoms with E-state index in [1.807, 2.05) is 55.0 Å². The van der Waals surface area contributed by atoms with Gasteiger partial charge in [0.25, 0.3) is 0 Å². The third-order valence-corrected chi connectivity index (χ3v) is 5.88. The van der Waals surface area contributed by atoms with Gasteiger partial charge in [-0.1, -0.05) is 18.2 Å². The van der Waals surface area contributed by atoms with Gasteiger partial charge in [0.05, 0.1) is 11.7 Å². The molecule has 31 heavy (non-hydrogen) atoms. The predicted molar refractivity (Wildman–Crippen MR) is 127 cm³/mol. The SMILES string of the molecule is Cc1cc(C)cc(N2C(=S)NC(c3ccccn3)C2c2cccn2-c2ccccn2)c1. The first-order chi connectivity index (χ1) is 15.1. The van der Waals surface area contributed by atoms with Crippen molar-refractivity contribution in [1.29, 1.82) is 0 Å². The van der Waals surface area contributed by atoms with E-state index in [1.54, 1.807) is 0 Å². The summed E-state index contributed by atoms with van der Waals surface area (Å²) in [7, 11) is 0. The van der Waals surface area contributed by atoms with Crippen molar-refractivity contribution in [3.05, 3.63) is 108 Å². The molecule has 1 N–H and O–H groups in total. The number of rotatable bonds is 4. The molecule has 6 heteroatoms. The lowest BCUT2D eigenvalue weighted by atomic mass is 10.00. The van der Waals surface area contributed by atoms with E-state index >= 15 is 0 Å². The third-order valence-electron chi connectivity index (χ3n) is 5.56. The molecule has 2 atom stereocenters. The summed E-state index contributed by atoms with van der Waals surface area (Å²) in [6.45, 7) is 4.23. The highest BCUT2D eigenvalue weighted by molar-refractivity contribution is 7.80. The Morgan fingerprint density at radius 1 is 0.871 bits per heavy atom. The molecule has 0 amide bonds. The number of hydrogen-bond donors (Lipinski definition) is 1. The summed E-state index contributed by atoms with van der Waals surface area (Å²) in [4.78, 5) is 11.4. The molecule has 4 heterocycles. The molecule has 1 fully saturated rings. The Morgan fingerprint density at radius 2 is 1.61 bits per heavy atom. The summed E-state index contributed by atoms with van der Waals surface area (Å²) in [5, 5.41) is 4.23. The smallest absolute Gasteiger partial charge is 0.174 e. The molecule has 1 aromatic carbocycles. The molecule has 5 rings (SSSR count). The molecule has 1 aliphatic rings. The molecule has 0 saturated carbocycles. The van der Waals surface area contributed by atoms with E-state index < -0.39 is 0 Å². The molecule has 4 aromatic rings. The van der Waals surface area contributed by atoms with Crippen LogP contribution in [0.1, 0.15) is 34.6 Å². The largest absolute Gasteiger partial charge is 0.351 e. The summed E-state index contributed by atoms with van der Waals surface area (Å²) >= 11 is 5.86. The summed E-state index contributed by atoms with van der Waals surface area (Å²) < 4.78 is 2.13. The lowest BCUT2D eigenvalue weighted by Gasteiger charge is -2.29. The number of aryl methyl sites for hydroxylation is 2. The molecule has 1 aliphatic heterocycles. The molecule has 0 spiro atoms. The van der Waals surface area contributed by atoms with Gasteiger partial charge in [0, 0.05) is 30.0 Å². The van der Waals surface area contributed by atoms with Crippen LogP contribution in [0.25, 0.3) is 5.82 Å². The first kappa shape index (κ1) is 19.5. The predicted octanol–water partition coefficient (Wildman–Crippen LogP) is 5.06. The van der Waals surface area contributed by atoms with E-state index in [0.29, 0.717) is 5.11 Å². The van der Waals surface area contributed by atoms with Crippen LogP contribution >= 0.6 is 12.2 Å². The number of aromatic nitrogens is 3. The Labute approximate surface area is 187 Å². The third kappa shape index (κ3) is 3.59. The topological polar surface area (TPSA) is 46.0 Å². The first-order valence-corrected chi connectivity index (χ1v) is 10.7. The maximum atomic E-state index is 5.86. The second kappa shape index (κ2) is 7.96. The van der Waals surface area contributed by atoms with Crippen LogP contribution in [0.4, 0.5) is 5.69 Å². The van der Waals surface area contributed by atoms with Crippen molar-refractivity contribution in [1.82, 2.24) is 19.9 Å². The van der Waals surface area contributed by atoms with Gasteiger partial charge in [0.2, 0.25) is 0 Å². The van der Waals surface area contributed by atoms with Crippen LogP contribution in [-0.2, 0) is 0 Å². The average molecular weight is 426 g/mol. The minimum absolute atomic E-state index is 0.0828. The van der Waals surface area contributed by atoms with E-state index in [9.17, 15) is 0 Å². The van der Waals surface area contributed by atoms with Crippen molar-refractivity contribution in [2.75, 3.05) is 4.90 Å². The number of anilines is 1. The van der Waals surface area contributed by atoms with Gasteiger partial charge >= 0.3 is 0 Å². The minimum atomic E-state index is -0.0909. The molecule has 0 aliphatic carbocycles. The lowest BCUT2D eigenvalue weighted by Crippen LogP contribution is -2.30. The van der Waals surface area contributed by atoms with Crippen LogP contribution in [-0.4, -0.2) is 19.6 Å². The number of hydrogen-bond acceptors (Lipinski definition) is 3. The van der Waals surface area contributed by atoms with Crippen LogP contribution in [0, 0.1) is 13.8 Å². The molecule has 5 nitrogen and oxygen atoms in total. The quantitative estimate of drug-likeness (QED) is 0.463. The fourth-order valence-corrected chi connectivity index (χ4v) is 4.71. The summed E-state index contributed by atoms with van der Waals surface area (Å²) in [5.74, 6) is 0.875. The van der Waals surface area contributed by atoms with Crippen molar-refractivity contribution in [3.63, 3.8) is 0 Å². The highest BCUT2D eigenvalue weighted by Crippen LogP contribution is 2.42. The Hall–Kier alpha value is -3.51. The van der Waals surface area contributed by atoms with Crippen molar-refractivity contribution in [2.24, 2.45) is 0 Å². The molecular formula is C25H23N5S. The van der Waals surface area contributed by atoms with Gasteiger partial charge in [-0.25, -0.2) is 4.98 Å². The van der Waals surface area contributed by atoms with Crippen LogP contribution in [0.5, 0.6) is 0 Å². The maximum Gasteiger partial charge on any atom is 0.174 e. The van der Waals surface area contributed by atoms with E-state index in [2.05, 4.69) is 68.9 Å². The minimum Gasteiger partial charge on any atom is -0.351 e. The maximum absolute atomic E-state index is 5.86. The monoisotopic (exact) mass is 425 g/mol. The summed E-state index contributed by atoms with van der Waals surface area (Å²) in [5.41, 5.74) is 5.54. The van der Waals surface area contributed by atoms with Crippen LogP contribution < -0.4 is 10.2 Å². The molecule has 2 unspecified atom stereocenters. The molecule has 154 valence electrons. The lowest BCUT2D eigenvalue weighted by molar-refractivity contribution is 0.548. The van der Waals surface area contributed by atoms with Crippen molar-refractivity contribution in [2.45, 2.75) is 25.9 Å². The van der Waals surface area contributed by atoms with Gasteiger partial charge in [-0.05, 0) is 85.7 Å². The van der Waals surface area contributed by atoms with Gasteiger partial charge in [-0.15, -0.1) is 0 Å². The zero-order chi connectivity index (χ0) is 21.4. The van der Waals surface area contributed by atoms with E-state index in [0.717, 1.165) is 22.9 Å². The highest BCUT2D eigenvalue weighted by Gasteiger charge is 2.42.